The lowest BCUT2D eigenvalue weighted by molar-refractivity contribution is 0.666. The van der Waals surface area contributed by atoms with Crippen molar-refractivity contribution >= 4 is 96.9 Å². The Hall–Kier alpha value is -6.82. The van der Waals surface area contributed by atoms with Crippen molar-refractivity contribution in [3.8, 4) is 28.3 Å². The molecule has 0 N–H and O–H groups in total. The molecule has 8 aromatic carbocycles. The van der Waals surface area contributed by atoms with Gasteiger partial charge in [-0.2, -0.15) is 0 Å². The average molecular weight is 694 g/mol. The number of rotatable bonds is 3. The highest BCUT2D eigenvalue weighted by Crippen LogP contribution is 2.43. The molecule has 0 aliphatic heterocycles. The number of para-hydroxylation sites is 2. The fourth-order valence-corrected chi connectivity index (χ4v) is 9.49. The summed E-state index contributed by atoms with van der Waals surface area (Å²) in [4.78, 5) is 10.8. The van der Waals surface area contributed by atoms with E-state index in [0.717, 1.165) is 44.2 Å². The van der Waals surface area contributed by atoms with Crippen molar-refractivity contribution in [3.05, 3.63) is 164 Å². The van der Waals surface area contributed by atoms with E-state index in [2.05, 4.69) is 150 Å². The molecule has 5 heteroatoms. The zero-order chi connectivity index (χ0) is 34.6. The van der Waals surface area contributed by atoms with Gasteiger partial charge in [-0.05, 0) is 75.8 Å². The fraction of sp³-hybridized carbons (Fsp3) is 0. The average Bonchev–Trinajstić information content (AvgIpc) is 3.89. The van der Waals surface area contributed by atoms with Crippen LogP contribution in [0.25, 0.3) is 114 Å². The van der Waals surface area contributed by atoms with Crippen LogP contribution in [0.1, 0.15) is 0 Å². The Kier molecular flexibility index (Phi) is 5.90. The number of benzene rings is 8. The zero-order valence-corrected chi connectivity index (χ0v) is 29.1. The van der Waals surface area contributed by atoms with E-state index < -0.39 is 0 Å². The minimum absolute atomic E-state index is 0.618. The highest BCUT2D eigenvalue weighted by atomic mass is 32.1. The molecule has 12 aromatic rings. The second kappa shape index (κ2) is 10.8. The third-order valence-electron chi connectivity index (χ3n) is 10.8. The van der Waals surface area contributed by atoms with Gasteiger partial charge in [-0.3, -0.25) is 4.57 Å². The molecule has 0 amide bonds. The van der Waals surface area contributed by atoms with E-state index >= 15 is 0 Å². The summed E-state index contributed by atoms with van der Waals surface area (Å²) in [6, 6.07) is 58.4. The van der Waals surface area contributed by atoms with Crippen LogP contribution in [0.4, 0.5) is 0 Å². The molecule has 0 aliphatic rings. The maximum atomic E-state index is 6.58. The van der Waals surface area contributed by atoms with E-state index in [1.807, 2.05) is 29.5 Å². The predicted octanol–water partition coefficient (Wildman–Crippen LogP) is 13.5. The largest absolute Gasteiger partial charge is 0.452 e. The van der Waals surface area contributed by atoms with Crippen LogP contribution in [0.2, 0.25) is 0 Å². The summed E-state index contributed by atoms with van der Waals surface area (Å²) in [5.74, 6) is 0.618. The lowest BCUT2D eigenvalue weighted by Gasteiger charge is -2.11. The normalized spacial score (nSPS) is 12.2. The van der Waals surface area contributed by atoms with Gasteiger partial charge in [-0.1, -0.05) is 115 Å². The van der Waals surface area contributed by atoms with Crippen molar-refractivity contribution in [1.82, 2.24) is 14.5 Å². The number of hydrogen-bond donors (Lipinski definition) is 0. The molecule has 4 heterocycles. The first-order valence-corrected chi connectivity index (χ1v) is 18.6. The molecule has 0 radical (unpaired) electrons. The van der Waals surface area contributed by atoms with Crippen LogP contribution >= 0.6 is 11.3 Å². The Labute approximate surface area is 306 Å². The van der Waals surface area contributed by atoms with Crippen molar-refractivity contribution in [2.75, 3.05) is 0 Å². The van der Waals surface area contributed by atoms with E-state index in [1.54, 1.807) is 0 Å². The van der Waals surface area contributed by atoms with Crippen molar-refractivity contribution in [3.63, 3.8) is 0 Å². The summed E-state index contributed by atoms with van der Waals surface area (Å²) in [5.41, 5.74) is 8.58. The highest BCUT2D eigenvalue weighted by Gasteiger charge is 2.22. The maximum Gasteiger partial charge on any atom is 0.236 e. The third kappa shape index (κ3) is 4.23. The first-order valence-electron chi connectivity index (χ1n) is 17.8. The molecule has 4 aromatic heterocycles. The molecular weight excluding hydrogens is 667 g/mol. The van der Waals surface area contributed by atoms with Gasteiger partial charge in [-0.15, -0.1) is 11.3 Å². The molecule has 0 aliphatic carbocycles. The van der Waals surface area contributed by atoms with Crippen LogP contribution in [0.15, 0.2) is 168 Å². The molecular formula is C48H27N3OS. The van der Waals surface area contributed by atoms with Gasteiger partial charge in [0.2, 0.25) is 5.95 Å². The first kappa shape index (κ1) is 28.8. The number of furan rings is 1. The Morgan fingerprint density at radius 3 is 2.06 bits per heavy atom. The second-order valence-corrected chi connectivity index (χ2v) is 14.8. The smallest absolute Gasteiger partial charge is 0.236 e. The van der Waals surface area contributed by atoms with Crippen LogP contribution in [-0.4, -0.2) is 14.5 Å². The highest BCUT2D eigenvalue weighted by molar-refractivity contribution is 7.26. The van der Waals surface area contributed by atoms with Crippen LogP contribution in [0.3, 0.4) is 0 Å². The minimum Gasteiger partial charge on any atom is -0.452 e. The molecule has 0 bridgehead atoms. The molecule has 12 rings (SSSR count). The van der Waals surface area contributed by atoms with Gasteiger partial charge in [0.1, 0.15) is 16.8 Å². The molecule has 0 unspecified atom stereocenters. The molecule has 4 nitrogen and oxygen atoms in total. The van der Waals surface area contributed by atoms with E-state index in [1.165, 1.54) is 58.2 Å². The number of aromatic nitrogens is 3. The van der Waals surface area contributed by atoms with Crippen molar-refractivity contribution in [2.24, 2.45) is 0 Å². The number of nitrogens with zero attached hydrogens (tertiary/aromatic N) is 3. The standard InChI is InChI=1S/C48H27N3OS/c1-2-10-28(11-3-1)29-18-19-31-25-33(21-20-30(31)24-29)44-46-45(37-14-5-8-16-42(37)52-46)50-48(49-44)51-40-15-7-4-12-34(40)39-26-32-22-23-36-35-13-6-9-17-43(35)53-47(36)38(32)27-41(39)51/h1-27H. The fourth-order valence-electron chi connectivity index (χ4n) is 8.26. The second-order valence-electron chi connectivity index (χ2n) is 13.8. The summed E-state index contributed by atoms with van der Waals surface area (Å²) in [5, 5.41) is 10.7. The van der Waals surface area contributed by atoms with Gasteiger partial charge < -0.3 is 4.42 Å². The first-order chi connectivity index (χ1) is 26.2. The summed E-state index contributed by atoms with van der Waals surface area (Å²) in [6.07, 6.45) is 0. The molecule has 0 atom stereocenters. The number of hydrogen-bond acceptors (Lipinski definition) is 4. The van der Waals surface area contributed by atoms with Crippen molar-refractivity contribution in [1.29, 1.82) is 0 Å². The molecule has 0 saturated carbocycles. The maximum absolute atomic E-state index is 6.58. The third-order valence-corrected chi connectivity index (χ3v) is 12.0. The molecule has 0 fully saturated rings. The number of thiophene rings is 1. The quantitative estimate of drug-likeness (QED) is 0.185. The van der Waals surface area contributed by atoms with E-state index in [-0.39, 0.29) is 0 Å². The van der Waals surface area contributed by atoms with E-state index in [9.17, 15) is 0 Å². The molecule has 53 heavy (non-hydrogen) atoms. The minimum atomic E-state index is 0.618. The van der Waals surface area contributed by atoms with E-state index in [4.69, 9.17) is 14.4 Å². The van der Waals surface area contributed by atoms with Crippen LogP contribution in [-0.2, 0) is 0 Å². The Morgan fingerprint density at radius 1 is 0.453 bits per heavy atom. The van der Waals surface area contributed by atoms with Crippen LogP contribution < -0.4 is 0 Å². The summed E-state index contributed by atoms with van der Waals surface area (Å²) >= 11 is 1.86. The summed E-state index contributed by atoms with van der Waals surface area (Å²) < 4.78 is 11.4. The lowest BCUT2D eigenvalue weighted by Crippen LogP contribution is -2.03. The van der Waals surface area contributed by atoms with Gasteiger partial charge in [0.05, 0.1) is 11.0 Å². The molecule has 0 saturated heterocycles. The SMILES string of the molecule is c1ccc(-c2ccc3cc(-c4nc(-n5c6ccccc6c6cc7ccc8c9ccccc9sc8c7cc65)nc5c4oc4ccccc45)ccc3c2)cc1. The Morgan fingerprint density at radius 2 is 1.17 bits per heavy atom. The Bertz CT molecular complexity index is 3460. The number of fused-ring (bicyclic) bond motifs is 12. The topological polar surface area (TPSA) is 43.9 Å². The van der Waals surface area contributed by atoms with Gasteiger partial charge >= 0.3 is 0 Å². The van der Waals surface area contributed by atoms with Crippen molar-refractivity contribution < 1.29 is 4.42 Å². The summed E-state index contributed by atoms with van der Waals surface area (Å²) in [7, 11) is 0. The Balaban J connectivity index is 1.14. The van der Waals surface area contributed by atoms with Crippen LogP contribution in [0.5, 0.6) is 0 Å². The monoisotopic (exact) mass is 693 g/mol. The van der Waals surface area contributed by atoms with Gasteiger partial charge in [0.25, 0.3) is 0 Å². The van der Waals surface area contributed by atoms with Gasteiger partial charge in [0.15, 0.2) is 5.58 Å². The zero-order valence-electron chi connectivity index (χ0n) is 28.2. The predicted molar refractivity (Wildman–Crippen MR) is 222 cm³/mol. The molecule has 246 valence electrons. The van der Waals surface area contributed by atoms with E-state index in [0.29, 0.717) is 11.5 Å². The summed E-state index contributed by atoms with van der Waals surface area (Å²) in [6.45, 7) is 0. The molecule has 0 spiro atoms. The van der Waals surface area contributed by atoms with Crippen LogP contribution in [0, 0.1) is 0 Å². The lowest BCUT2D eigenvalue weighted by atomic mass is 9.99. The van der Waals surface area contributed by atoms with Crippen molar-refractivity contribution in [2.45, 2.75) is 0 Å². The van der Waals surface area contributed by atoms with Gasteiger partial charge in [-0.25, -0.2) is 9.97 Å². The van der Waals surface area contributed by atoms with Gasteiger partial charge in [0, 0.05) is 47.3 Å².